The minimum absolute atomic E-state index is 0.317. The van der Waals surface area contributed by atoms with Crippen LogP contribution in [0.4, 0.5) is 18.9 Å². The first-order valence-electron chi connectivity index (χ1n) is 5.12. The van der Waals surface area contributed by atoms with Gasteiger partial charge in [-0.25, -0.2) is 8.42 Å². The molecule has 0 amide bonds. The molecule has 0 radical (unpaired) electrons. The lowest BCUT2D eigenvalue weighted by atomic mass is 10.3. The number of alkyl halides is 3. The molecule has 0 aliphatic heterocycles. The highest BCUT2D eigenvalue weighted by Gasteiger charge is 2.32. The molecule has 0 bridgehead atoms. The first kappa shape index (κ1) is 16.6. The van der Waals surface area contributed by atoms with Gasteiger partial charge < -0.3 is 5.11 Å². The Morgan fingerprint density at radius 3 is 2.40 bits per heavy atom. The van der Waals surface area contributed by atoms with Crippen LogP contribution in [0.25, 0.3) is 0 Å². The maximum atomic E-state index is 12.3. The van der Waals surface area contributed by atoms with Gasteiger partial charge in [-0.15, -0.1) is 0 Å². The van der Waals surface area contributed by atoms with E-state index in [2.05, 4.69) is 0 Å². The zero-order valence-electron chi connectivity index (χ0n) is 10.0. The topological polar surface area (TPSA) is 83.5 Å². The lowest BCUT2D eigenvalue weighted by Gasteiger charge is -2.15. The maximum Gasteiger partial charge on any atom is 0.446 e. The van der Waals surface area contributed by atoms with E-state index in [1.54, 1.807) is 0 Å². The van der Waals surface area contributed by atoms with Gasteiger partial charge >= 0.3 is 11.5 Å². The van der Waals surface area contributed by atoms with E-state index in [4.69, 9.17) is 5.11 Å². The largest absolute Gasteiger partial charge is 0.480 e. The van der Waals surface area contributed by atoms with Gasteiger partial charge in [-0.2, -0.15) is 13.2 Å². The van der Waals surface area contributed by atoms with E-state index in [-0.39, 0.29) is 10.6 Å². The lowest BCUT2D eigenvalue weighted by molar-refractivity contribution is -0.136. The highest BCUT2D eigenvalue weighted by Crippen LogP contribution is 2.40. The fraction of sp³-hybridized carbons (Fsp3) is 0.300. The molecule has 0 heterocycles. The minimum Gasteiger partial charge on any atom is -0.480 e. The molecule has 1 atom stereocenters. The number of carboxylic acid groups (broad SMARTS) is 1. The summed E-state index contributed by atoms with van der Waals surface area (Å²) in [4.78, 5) is 10.3. The summed E-state index contributed by atoms with van der Waals surface area (Å²) in [5, 5.41) is 6.86. The number of rotatable bonds is 5. The summed E-state index contributed by atoms with van der Waals surface area (Å²) in [6, 6.07) is 4.86. The second kappa shape index (κ2) is 5.92. The first-order chi connectivity index (χ1) is 9.03. The van der Waals surface area contributed by atoms with Gasteiger partial charge in [-0.05, 0) is 30.8 Å². The number of carbonyl (C=O) groups is 1. The molecule has 1 rings (SSSR count). The SMILES string of the molecule is CC(C(=O)O)S(=O)(=O)Nc1ccccc1SC(F)(F)F. The molecule has 0 spiro atoms. The molecule has 112 valence electrons. The third-order valence-electron chi connectivity index (χ3n) is 2.18. The molecule has 0 aliphatic rings. The summed E-state index contributed by atoms with van der Waals surface area (Å²) >= 11 is -0.486. The van der Waals surface area contributed by atoms with Crippen molar-refractivity contribution < 1.29 is 31.5 Å². The van der Waals surface area contributed by atoms with E-state index < -0.39 is 38.5 Å². The molecule has 10 heteroatoms. The van der Waals surface area contributed by atoms with E-state index in [0.29, 0.717) is 0 Å². The van der Waals surface area contributed by atoms with Crippen molar-refractivity contribution in [2.45, 2.75) is 22.6 Å². The summed E-state index contributed by atoms with van der Waals surface area (Å²) in [7, 11) is -4.32. The van der Waals surface area contributed by atoms with Crippen LogP contribution in [0.3, 0.4) is 0 Å². The van der Waals surface area contributed by atoms with Gasteiger partial charge in [0.2, 0.25) is 10.0 Å². The van der Waals surface area contributed by atoms with Crippen LogP contribution < -0.4 is 4.72 Å². The number of aliphatic carboxylic acids is 1. The second-order valence-electron chi connectivity index (χ2n) is 3.67. The van der Waals surface area contributed by atoms with E-state index in [1.165, 1.54) is 12.1 Å². The van der Waals surface area contributed by atoms with Crippen molar-refractivity contribution >= 4 is 33.4 Å². The van der Waals surface area contributed by atoms with Crippen molar-refractivity contribution in [2.75, 3.05) is 4.72 Å². The molecule has 0 fully saturated rings. The Morgan fingerprint density at radius 1 is 1.35 bits per heavy atom. The summed E-state index contributed by atoms with van der Waals surface area (Å²) in [5.74, 6) is -1.60. The summed E-state index contributed by atoms with van der Waals surface area (Å²) in [5.41, 5.74) is -4.90. The summed E-state index contributed by atoms with van der Waals surface area (Å²) in [6.07, 6.45) is 0. The van der Waals surface area contributed by atoms with Crippen LogP contribution in [0.15, 0.2) is 29.2 Å². The van der Waals surface area contributed by atoms with E-state index in [0.717, 1.165) is 19.1 Å². The van der Waals surface area contributed by atoms with Crippen LogP contribution in [0.5, 0.6) is 0 Å². The van der Waals surface area contributed by atoms with Crippen molar-refractivity contribution in [2.24, 2.45) is 0 Å². The molecule has 2 N–H and O–H groups in total. The molecule has 1 aromatic rings. The van der Waals surface area contributed by atoms with Crippen molar-refractivity contribution in [3.8, 4) is 0 Å². The molecule has 1 aromatic carbocycles. The fourth-order valence-electron chi connectivity index (χ4n) is 1.14. The predicted molar refractivity (Wildman–Crippen MR) is 68.0 cm³/mol. The average molecular weight is 329 g/mol. The van der Waals surface area contributed by atoms with Crippen LogP contribution in [0, 0.1) is 0 Å². The number of carboxylic acids is 1. The Bertz CT molecular complexity index is 601. The highest BCUT2D eigenvalue weighted by molar-refractivity contribution is 8.00. The van der Waals surface area contributed by atoms with Crippen molar-refractivity contribution in [1.29, 1.82) is 0 Å². The number of para-hydroxylation sites is 1. The van der Waals surface area contributed by atoms with Crippen LogP contribution >= 0.6 is 11.8 Å². The van der Waals surface area contributed by atoms with Crippen molar-refractivity contribution in [3.05, 3.63) is 24.3 Å². The lowest BCUT2D eigenvalue weighted by Crippen LogP contribution is -2.32. The number of sulfonamides is 1. The Kier molecular flexibility index (Phi) is 4.92. The van der Waals surface area contributed by atoms with Gasteiger partial charge in [0.15, 0.2) is 5.25 Å². The van der Waals surface area contributed by atoms with Gasteiger partial charge in [-0.3, -0.25) is 9.52 Å². The standard InChI is InChI=1S/C10H10F3NO4S2/c1-6(9(15)16)20(17,18)14-7-4-2-3-5-8(7)19-10(11,12)13/h2-6,14H,1H3,(H,15,16). The molecular formula is C10H10F3NO4S2. The smallest absolute Gasteiger partial charge is 0.446 e. The second-order valence-corrected chi connectivity index (χ2v) is 6.78. The molecule has 0 saturated carbocycles. The molecule has 0 aliphatic carbocycles. The number of thioether (sulfide) groups is 1. The average Bonchev–Trinajstić information content (AvgIpc) is 2.28. The Hall–Kier alpha value is -1.42. The Balaban J connectivity index is 3.07. The number of hydrogen-bond donors (Lipinski definition) is 2. The van der Waals surface area contributed by atoms with Gasteiger partial charge in [0, 0.05) is 4.90 Å². The zero-order chi connectivity index (χ0) is 15.6. The fourth-order valence-corrected chi connectivity index (χ4v) is 2.76. The molecule has 5 nitrogen and oxygen atoms in total. The normalized spacial score (nSPS) is 13.8. The van der Waals surface area contributed by atoms with Gasteiger partial charge in [-0.1, -0.05) is 12.1 Å². The number of hydrogen-bond acceptors (Lipinski definition) is 4. The van der Waals surface area contributed by atoms with Gasteiger partial charge in [0.25, 0.3) is 0 Å². The summed E-state index contributed by atoms with van der Waals surface area (Å²) in [6.45, 7) is 0.921. The first-order valence-corrected chi connectivity index (χ1v) is 7.48. The van der Waals surface area contributed by atoms with Crippen molar-refractivity contribution in [3.63, 3.8) is 0 Å². The van der Waals surface area contributed by atoms with E-state index >= 15 is 0 Å². The number of halogens is 3. The molecular weight excluding hydrogens is 319 g/mol. The maximum absolute atomic E-state index is 12.3. The third kappa shape index (κ3) is 4.60. The monoisotopic (exact) mass is 329 g/mol. The van der Waals surface area contributed by atoms with Crippen molar-refractivity contribution in [1.82, 2.24) is 0 Å². The quantitative estimate of drug-likeness (QED) is 0.811. The number of nitrogens with one attached hydrogen (secondary N) is 1. The van der Waals surface area contributed by atoms with Crippen LogP contribution in [0.1, 0.15) is 6.92 Å². The minimum atomic E-state index is -4.58. The molecule has 0 saturated heterocycles. The van der Waals surface area contributed by atoms with Crippen LogP contribution in [-0.2, 0) is 14.8 Å². The van der Waals surface area contributed by atoms with Crippen LogP contribution in [0.2, 0.25) is 0 Å². The highest BCUT2D eigenvalue weighted by atomic mass is 32.2. The zero-order valence-corrected chi connectivity index (χ0v) is 11.6. The van der Waals surface area contributed by atoms with Gasteiger partial charge in [0.1, 0.15) is 0 Å². The number of benzene rings is 1. The van der Waals surface area contributed by atoms with E-state index in [1.807, 2.05) is 4.72 Å². The molecule has 20 heavy (non-hydrogen) atoms. The molecule has 1 unspecified atom stereocenters. The number of anilines is 1. The van der Waals surface area contributed by atoms with Crippen LogP contribution in [-0.4, -0.2) is 30.3 Å². The Labute approximate surface area is 117 Å². The van der Waals surface area contributed by atoms with E-state index in [9.17, 15) is 26.4 Å². The summed E-state index contributed by atoms with van der Waals surface area (Å²) < 4.78 is 62.2. The van der Waals surface area contributed by atoms with Gasteiger partial charge in [0.05, 0.1) is 5.69 Å². The Morgan fingerprint density at radius 2 is 1.90 bits per heavy atom. The predicted octanol–water partition coefficient (Wildman–Crippen LogP) is 2.51. The third-order valence-corrected chi connectivity index (χ3v) is 4.62. The molecule has 0 aromatic heterocycles.